The third-order valence-corrected chi connectivity index (χ3v) is 4.81. The van der Waals surface area contributed by atoms with E-state index in [2.05, 4.69) is 5.10 Å². The van der Waals surface area contributed by atoms with Crippen molar-refractivity contribution in [2.75, 3.05) is 0 Å². The quantitative estimate of drug-likeness (QED) is 0.895. The summed E-state index contributed by atoms with van der Waals surface area (Å²) in [5, 5.41) is 15.4. The van der Waals surface area contributed by atoms with Gasteiger partial charge < -0.3 is 5.11 Å². The molecule has 2 unspecified atom stereocenters. The third-order valence-electron chi connectivity index (χ3n) is 4.81. The zero-order valence-corrected chi connectivity index (χ0v) is 10.9. The van der Waals surface area contributed by atoms with Gasteiger partial charge in [-0.2, -0.15) is 5.10 Å². The van der Waals surface area contributed by atoms with Crippen molar-refractivity contribution in [3.8, 4) is 5.69 Å². The monoisotopic (exact) mass is 254 g/mol. The van der Waals surface area contributed by atoms with Gasteiger partial charge in [0, 0.05) is 6.20 Å². The van der Waals surface area contributed by atoms with E-state index in [-0.39, 0.29) is 0 Å². The van der Waals surface area contributed by atoms with Gasteiger partial charge in [-0.1, -0.05) is 31.0 Å². The minimum atomic E-state index is -0.642. The van der Waals surface area contributed by atoms with Gasteiger partial charge in [-0.15, -0.1) is 0 Å². The first-order valence-corrected chi connectivity index (χ1v) is 7.14. The fourth-order valence-electron chi connectivity index (χ4n) is 3.73. The minimum Gasteiger partial charge on any atom is -0.383 e. The number of aromatic nitrogens is 2. The predicted molar refractivity (Wildman–Crippen MR) is 72.9 cm³/mol. The molecule has 3 heteroatoms. The molecule has 2 atom stereocenters. The molecule has 0 radical (unpaired) electrons. The molecule has 0 saturated heterocycles. The lowest BCUT2D eigenvalue weighted by atomic mass is 10.0. The highest BCUT2D eigenvalue weighted by Gasteiger charge is 2.65. The Morgan fingerprint density at radius 1 is 1.05 bits per heavy atom. The lowest BCUT2D eigenvalue weighted by molar-refractivity contribution is 0.113. The summed E-state index contributed by atoms with van der Waals surface area (Å²) in [6.07, 6.45) is 6.76. The molecule has 4 rings (SSSR count). The summed E-state index contributed by atoms with van der Waals surface area (Å²) in [5.41, 5.74) is 1.26. The zero-order valence-electron chi connectivity index (χ0n) is 10.9. The number of fused-ring (bicyclic) bond motifs is 1. The van der Waals surface area contributed by atoms with Gasteiger partial charge in [0.15, 0.2) is 0 Å². The lowest BCUT2D eigenvalue weighted by Gasteiger charge is -2.06. The average Bonchev–Trinajstić information content (AvgIpc) is 2.88. The Bertz CT molecular complexity index is 578. The Kier molecular flexibility index (Phi) is 2.33. The van der Waals surface area contributed by atoms with Gasteiger partial charge >= 0.3 is 0 Å². The second-order valence-electron chi connectivity index (χ2n) is 5.80. The van der Waals surface area contributed by atoms with Gasteiger partial charge in [0.2, 0.25) is 0 Å². The molecule has 0 amide bonds. The highest BCUT2D eigenvalue weighted by molar-refractivity contribution is 5.33. The number of benzene rings is 1. The van der Waals surface area contributed by atoms with Crippen LogP contribution in [0.3, 0.4) is 0 Å². The molecule has 2 aliphatic carbocycles. The number of aliphatic hydroxyl groups is 1. The summed E-state index contributed by atoms with van der Waals surface area (Å²) in [6.45, 7) is 0. The summed E-state index contributed by atoms with van der Waals surface area (Å²) in [4.78, 5) is 0. The summed E-state index contributed by atoms with van der Waals surface area (Å²) in [6, 6.07) is 12.0. The van der Waals surface area contributed by atoms with Crippen molar-refractivity contribution in [1.82, 2.24) is 9.78 Å². The summed E-state index contributed by atoms with van der Waals surface area (Å²) < 4.78 is 1.86. The first-order valence-electron chi connectivity index (χ1n) is 7.14. The van der Waals surface area contributed by atoms with Crippen LogP contribution in [0.25, 0.3) is 5.69 Å². The molecule has 19 heavy (non-hydrogen) atoms. The Morgan fingerprint density at radius 3 is 2.42 bits per heavy atom. The molecule has 0 aliphatic heterocycles. The average molecular weight is 254 g/mol. The fourth-order valence-corrected chi connectivity index (χ4v) is 3.73. The molecule has 3 nitrogen and oxygen atoms in total. The summed E-state index contributed by atoms with van der Waals surface area (Å²) >= 11 is 0. The maximum Gasteiger partial charge on any atom is 0.115 e. The van der Waals surface area contributed by atoms with Gasteiger partial charge in [0.1, 0.15) is 5.60 Å². The Morgan fingerprint density at radius 2 is 1.74 bits per heavy atom. The van der Waals surface area contributed by atoms with Crippen LogP contribution >= 0.6 is 0 Å². The van der Waals surface area contributed by atoms with E-state index in [4.69, 9.17) is 0 Å². The topological polar surface area (TPSA) is 38.0 Å². The smallest absolute Gasteiger partial charge is 0.115 e. The van der Waals surface area contributed by atoms with Crippen molar-refractivity contribution in [3.05, 3.63) is 48.3 Å². The molecule has 2 aromatic rings. The van der Waals surface area contributed by atoms with Crippen LogP contribution in [-0.4, -0.2) is 14.9 Å². The van der Waals surface area contributed by atoms with Gasteiger partial charge in [0.25, 0.3) is 0 Å². The molecule has 1 heterocycles. The normalized spacial score (nSPS) is 32.9. The lowest BCUT2D eigenvalue weighted by Crippen LogP contribution is -2.12. The van der Waals surface area contributed by atoms with E-state index >= 15 is 0 Å². The molecule has 1 N–H and O–H groups in total. The van der Waals surface area contributed by atoms with E-state index in [0.29, 0.717) is 11.8 Å². The first kappa shape index (κ1) is 11.2. The number of hydrogen-bond donors (Lipinski definition) is 1. The van der Waals surface area contributed by atoms with Crippen LogP contribution < -0.4 is 0 Å². The fraction of sp³-hybridized carbons (Fsp3) is 0.438. The molecule has 2 aliphatic rings. The standard InChI is InChI=1S/C16H18N2O/c19-16(13-8-4-5-9-14(13)16)15-10-11-18(17-15)12-6-2-1-3-7-12/h1-3,6-7,10-11,13-14,19H,4-5,8-9H2. The largest absolute Gasteiger partial charge is 0.383 e. The van der Waals surface area contributed by atoms with E-state index in [1.165, 1.54) is 12.8 Å². The molecule has 0 bridgehead atoms. The van der Waals surface area contributed by atoms with Crippen LogP contribution in [0, 0.1) is 11.8 Å². The van der Waals surface area contributed by atoms with E-state index in [0.717, 1.165) is 24.2 Å². The van der Waals surface area contributed by atoms with E-state index in [1.807, 2.05) is 47.3 Å². The van der Waals surface area contributed by atoms with Crippen LogP contribution in [0.5, 0.6) is 0 Å². The number of hydrogen-bond acceptors (Lipinski definition) is 2. The van der Waals surface area contributed by atoms with Crippen molar-refractivity contribution in [1.29, 1.82) is 0 Å². The maximum atomic E-state index is 10.8. The van der Waals surface area contributed by atoms with Crippen LogP contribution in [0.1, 0.15) is 31.4 Å². The number of para-hydroxylation sites is 1. The van der Waals surface area contributed by atoms with Crippen molar-refractivity contribution in [2.24, 2.45) is 11.8 Å². The predicted octanol–water partition coefficient (Wildman–Crippen LogP) is 2.88. The number of nitrogens with zero attached hydrogens (tertiary/aromatic N) is 2. The molecule has 1 aromatic heterocycles. The van der Waals surface area contributed by atoms with Gasteiger partial charge in [-0.05, 0) is 42.9 Å². The van der Waals surface area contributed by atoms with Crippen molar-refractivity contribution in [3.63, 3.8) is 0 Å². The van der Waals surface area contributed by atoms with E-state index in [1.54, 1.807) is 0 Å². The summed E-state index contributed by atoms with van der Waals surface area (Å²) in [7, 11) is 0. The van der Waals surface area contributed by atoms with Crippen molar-refractivity contribution >= 4 is 0 Å². The minimum absolute atomic E-state index is 0.445. The first-order chi connectivity index (χ1) is 9.30. The molecule has 2 fully saturated rings. The second-order valence-corrected chi connectivity index (χ2v) is 5.80. The Labute approximate surface area is 112 Å². The van der Waals surface area contributed by atoms with E-state index in [9.17, 15) is 5.11 Å². The molecule has 98 valence electrons. The van der Waals surface area contributed by atoms with E-state index < -0.39 is 5.60 Å². The van der Waals surface area contributed by atoms with Crippen molar-refractivity contribution < 1.29 is 5.11 Å². The second kappa shape index (κ2) is 3.94. The molecule has 0 spiro atoms. The van der Waals surface area contributed by atoms with Crippen LogP contribution in [-0.2, 0) is 5.60 Å². The van der Waals surface area contributed by atoms with Crippen molar-refractivity contribution in [2.45, 2.75) is 31.3 Å². The Hall–Kier alpha value is -1.61. The highest BCUT2D eigenvalue weighted by Crippen LogP contribution is 2.63. The van der Waals surface area contributed by atoms with Crippen LogP contribution in [0.4, 0.5) is 0 Å². The van der Waals surface area contributed by atoms with Gasteiger partial charge in [-0.3, -0.25) is 0 Å². The zero-order chi connectivity index (χ0) is 12.9. The molecule has 1 aromatic carbocycles. The van der Waals surface area contributed by atoms with Gasteiger partial charge in [0.05, 0.1) is 11.4 Å². The van der Waals surface area contributed by atoms with Crippen LogP contribution in [0.2, 0.25) is 0 Å². The van der Waals surface area contributed by atoms with Gasteiger partial charge in [-0.25, -0.2) is 4.68 Å². The molecular formula is C16H18N2O. The number of rotatable bonds is 2. The summed E-state index contributed by atoms with van der Waals surface area (Å²) in [5.74, 6) is 0.890. The third kappa shape index (κ3) is 1.58. The van der Waals surface area contributed by atoms with Crippen LogP contribution in [0.15, 0.2) is 42.6 Å². The maximum absolute atomic E-state index is 10.8. The molecular weight excluding hydrogens is 236 g/mol. The Balaban J connectivity index is 1.66. The SMILES string of the molecule is OC1(c2ccn(-c3ccccc3)n2)C2CCCCC21. The molecule has 2 saturated carbocycles. The highest BCUT2D eigenvalue weighted by atomic mass is 16.3.